The van der Waals surface area contributed by atoms with E-state index in [1.165, 1.54) is 16.3 Å². The first-order valence-corrected chi connectivity index (χ1v) is 18.8. The minimum atomic E-state index is 0.577. The largest absolute Gasteiger partial charge is 0.456 e. The van der Waals surface area contributed by atoms with Crippen molar-refractivity contribution in [3.05, 3.63) is 194 Å². The molecule has 56 heavy (non-hydrogen) atoms. The van der Waals surface area contributed by atoms with Crippen LogP contribution in [-0.2, 0) is 0 Å². The van der Waals surface area contributed by atoms with E-state index in [0.717, 1.165) is 72.0 Å². The molecule has 11 aromatic rings. The van der Waals surface area contributed by atoms with Gasteiger partial charge in [-0.15, -0.1) is 0 Å². The zero-order chi connectivity index (χ0) is 37.0. The highest BCUT2D eigenvalue weighted by Gasteiger charge is 2.21. The first kappa shape index (κ1) is 31.9. The van der Waals surface area contributed by atoms with Crippen LogP contribution in [0, 0.1) is 0 Å². The summed E-state index contributed by atoms with van der Waals surface area (Å²) in [5, 5.41) is 4.53. The molecule has 0 aliphatic heterocycles. The maximum atomic E-state index is 6.29. The van der Waals surface area contributed by atoms with Crippen molar-refractivity contribution in [1.82, 2.24) is 19.5 Å². The van der Waals surface area contributed by atoms with Crippen LogP contribution in [0.5, 0.6) is 0 Å². The van der Waals surface area contributed by atoms with Gasteiger partial charge in [-0.25, -0.2) is 15.0 Å². The lowest BCUT2D eigenvalue weighted by atomic mass is 9.99. The lowest BCUT2D eigenvalue weighted by molar-refractivity contribution is 0.669. The molecule has 3 heterocycles. The highest BCUT2D eigenvalue weighted by Crippen LogP contribution is 2.42. The Balaban J connectivity index is 1.18. The normalized spacial score (nSPS) is 11.6. The maximum Gasteiger partial charge on any atom is 0.164 e. The van der Waals surface area contributed by atoms with Crippen molar-refractivity contribution >= 4 is 43.7 Å². The number of hydrogen-bond donors (Lipinski definition) is 0. The molecule has 0 amide bonds. The quantitative estimate of drug-likeness (QED) is 0.172. The third-order valence-electron chi connectivity index (χ3n) is 10.7. The van der Waals surface area contributed by atoms with Gasteiger partial charge in [-0.3, -0.25) is 0 Å². The number of rotatable bonds is 6. The SMILES string of the molecule is c1ccc(-c2nc(-c3ccc(-c4ccccc4)c(-n4c5ccccc5c5cccc(-c6ccccc6)c54)c3)nc(-c3ccc4c(c3)oc3ccccc34)n2)cc1. The van der Waals surface area contributed by atoms with Gasteiger partial charge in [0, 0.05) is 49.4 Å². The van der Waals surface area contributed by atoms with Crippen molar-refractivity contribution in [3.63, 3.8) is 0 Å². The van der Waals surface area contributed by atoms with E-state index in [-0.39, 0.29) is 0 Å². The number of furan rings is 1. The molecule has 0 saturated heterocycles. The van der Waals surface area contributed by atoms with Crippen molar-refractivity contribution in [2.24, 2.45) is 0 Å². The summed E-state index contributed by atoms with van der Waals surface area (Å²) in [6.07, 6.45) is 0. The molecule has 0 aliphatic carbocycles. The van der Waals surface area contributed by atoms with E-state index in [1.807, 2.05) is 54.6 Å². The lowest BCUT2D eigenvalue weighted by Crippen LogP contribution is -2.02. The number of fused-ring (bicyclic) bond motifs is 6. The Labute approximate surface area is 322 Å². The van der Waals surface area contributed by atoms with E-state index in [0.29, 0.717) is 17.5 Å². The predicted octanol–water partition coefficient (Wildman–Crippen LogP) is 13.2. The molecule has 5 nitrogen and oxygen atoms in total. The van der Waals surface area contributed by atoms with Gasteiger partial charge in [0.15, 0.2) is 17.5 Å². The average Bonchev–Trinajstić information content (AvgIpc) is 3.82. The first-order valence-electron chi connectivity index (χ1n) is 18.8. The summed E-state index contributed by atoms with van der Waals surface area (Å²) in [7, 11) is 0. The number of para-hydroxylation sites is 3. The Morgan fingerprint density at radius 3 is 1.61 bits per heavy atom. The molecule has 0 aliphatic rings. The van der Waals surface area contributed by atoms with E-state index in [9.17, 15) is 0 Å². The predicted molar refractivity (Wildman–Crippen MR) is 229 cm³/mol. The van der Waals surface area contributed by atoms with Gasteiger partial charge in [0.05, 0.1) is 16.7 Å². The van der Waals surface area contributed by atoms with Gasteiger partial charge in [0.25, 0.3) is 0 Å². The number of nitrogens with zero attached hydrogens (tertiary/aromatic N) is 4. The summed E-state index contributed by atoms with van der Waals surface area (Å²) in [5.74, 6) is 1.77. The smallest absolute Gasteiger partial charge is 0.164 e. The summed E-state index contributed by atoms with van der Waals surface area (Å²) < 4.78 is 8.72. The first-order chi connectivity index (χ1) is 27.8. The molecule has 11 rings (SSSR count). The zero-order valence-corrected chi connectivity index (χ0v) is 30.2. The summed E-state index contributed by atoms with van der Waals surface area (Å²) in [5.41, 5.74) is 12.2. The Morgan fingerprint density at radius 1 is 0.339 bits per heavy atom. The van der Waals surface area contributed by atoms with E-state index < -0.39 is 0 Å². The number of hydrogen-bond acceptors (Lipinski definition) is 4. The van der Waals surface area contributed by atoms with Gasteiger partial charge >= 0.3 is 0 Å². The van der Waals surface area contributed by atoms with E-state index in [4.69, 9.17) is 19.4 Å². The molecule has 3 aromatic heterocycles. The molecule has 0 bridgehead atoms. The molecule has 0 saturated carbocycles. The molecule has 0 spiro atoms. The van der Waals surface area contributed by atoms with Crippen molar-refractivity contribution in [2.75, 3.05) is 0 Å². The van der Waals surface area contributed by atoms with Crippen LogP contribution in [0.15, 0.2) is 199 Å². The van der Waals surface area contributed by atoms with Gasteiger partial charge in [-0.1, -0.05) is 164 Å². The molecule has 0 atom stereocenters. The topological polar surface area (TPSA) is 56.7 Å². The minimum Gasteiger partial charge on any atom is -0.456 e. The second-order valence-corrected chi connectivity index (χ2v) is 14.0. The Bertz CT molecular complexity index is 3240. The molecule has 0 radical (unpaired) electrons. The maximum absolute atomic E-state index is 6.29. The number of aromatic nitrogens is 4. The Hall–Kier alpha value is -7.63. The van der Waals surface area contributed by atoms with Crippen molar-refractivity contribution in [3.8, 4) is 62.1 Å². The van der Waals surface area contributed by atoms with Crippen LogP contribution in [0.25, 0.3) is 106 Å². The average molecular weight is 717 g/mol. The van der Waals surface area contributed by atoms with Crippen molar-refractivity contribution < 1.29 is 4.42 Å². The van der Waals surface area contributed by atoms with Gasteiger partial charge in [-0.2, -0.15) is 0 Å². The van der Waals surface area contributed by atoms with Gasteiger partial charge < -0.3 is 8.98 Å². The van der Waals surface area contributed by atoms with E-state index >= 15 is 0 Å². The minimum absolute atomic E-state index is 0.577. The standard InChI is InChI=1S/C51H32N4O/c1-4-15-33(16-5-1)38-29-27-36(31-45(38)55-44-25-12-10-21-40(44)43-24-14-23-39(48(43)55)34-17-6-2-7-18-34)50-52-49(35-19-8-3-9-20-35)53-51(54-50)37-28-30-42-41-22-11-13-26-46(41)56-47(42)32-37/h1-32H. The van der Waals surface area contributed by atoms with Crippen LogP contribution in [0.3, 0.4) is 0 Å². The van der Waals surface area contributed by atoms with Gasteiger partial charge in [0.1, 0.15) is 11.2 Å². The van der Waals surface area contributed by atoms with E-state index in [2.05, 4.69) is 144 Å². The fourth-order valence-corrected chi connectivity index (χ4v) is 8.05. The fourth-order valence-electron chi connectivity index (χ4n) is 8.05. The second kappa shape index (κ2) is 13.0. The molecule has 0 fully saturated rings. The molecule has 0 N–H and O–H groups in total. The summed E-state index contributed by atoms with van der Waals surface area (Å²) in [4.78, 5) is 15.4. The number of benzene rings is 8. The molecular formula is C51H32N4O. The monoisotopic (exact) mass is 716 g/mol. The molecule has 0 unspecified atom stereocenters. The van der Waals surface area contributed by atoms with Crippen molar-refractivity contribution in [1.29, 1.82) is 0 Å². The Kier molecular flexibility index (Phi) is 7.42. The second-order valence-electron chi connectivity index (χ2n) is 14.0. The zero-order valence-electron chi connectivity index (χ0n) is 30.2. The summed E-state index contributed by atoms with van der Waals surface area (Å²) in [6, 6.07) is 67.6. The fraction of sp³-hybridized carbons (Fsp3) is 0. The molecule has 8 aromatic carbocycles. The van der Waals surface area contributed by atoms with Gasteiger partial charge in [0.2, 0.25) is 0 Å². The Morgan fingerprint density at radius 2 is 0.875 bits per heavy atom. The summed E-state index contributed by atoms with van der Waals surface area (Å²) in [6.45, 7) is 0. The van der Waals surface area contributed by atoms with Crippen LogP contribution in [0.4, 0.5) is 0 Å². The van der Waals surface area contributed by atoms with Crippen LogP contribution in [-0.4, -0.2) is 19.5 Å². The van der Waals surface area contributed by atoms with Crippen LogP contribution in [0.2, 0.25) is 0 Å². The van der Waals surface area contributed by atoms with Crippen LogP contribution < -0.4 is 0 Å². The molecular weight excluding hydrogens is 685 g/mol. The van der Waals surface area contributed by atoms with E-state index in [1.54, 1.807) is 0 Å². The lowest BCUT2D eigenvalue weighted by Gasteiger charge is -2.18. The highest BCUT2D eigenvalue weighted by molar-refractivity contribution is 6.14. The molecule has 5 heteroatoms. The van der Waals surface area contributed by atoms with Crippen LogP contribution in [0.1, 0.15) is 0 Å². The summed E-state index contributed by atoms with van der Waals surface area (Å²) >= 11 is 0. The highest BCUT2D eigenvalue weighted by atomic mass is 16.3. The van der Waals surface area contributed by atoms with Gasteiger partial charge in [-0.05, 0) is 41.5 Å². The van der Waals surface area contributed by atoms with Crippen molar-refractivity contribution in [2.45, 2.75) is 0 Å². The van der Waals surface area contributed by atoms with Crippen LogP contribution >= 0.6 is 0 Å². The third kappa shape index (κ3) is 5.29. The third-order valence-corrected chi connectivity index (χ3v) is 10.7. The molecule has 262 valence electrons.